The van der Waals surface area contributed by atoms with Gasteiger partial charge in [0.2, 0.25) is 0 Å². The van der Waals surface area contributed by atoms with Crippen LogP contribution in [0.4, 0.5) is 5.82 Å². The molecule has 0 aliphatic heterocycles. The Morgan fingerprint density at radius 2 is 1.87 bits per heavy atom. The number of carbonyl (C=O) groups excluding carboxylic acids is 2. The molecule has 152 valence electrons. The number of anilines is 1. The molecule has 1 aromatic carbocycles. The fraction of sp³-hybridized carbons (Fsp3) is 0.150. The van der Waals surface area contributed by atoms with Gasteiger partial charge in [-0.05, 0) is 31.2 Å². The lowest BCUT2D eigenvalue weighted by atomic mass is 10.3. The molecule has 0 spiro atoms. The molecule has 4 rings (SSSR count). The van der Waals surface area contributed by atoms with Crippen LogP contribution in [-0.2, 0) is 11.4 Å². The molecule has 10 heteroatoms. The van der Waals surface area contributed by atoms with Crippen molar-refractivity contribution in [2.24, 2.45) is 0 Å². The van der Waals surface area contributed by atoms with Crippen LogP contribution in [-0.4, -0.2) is 47.8 Å². The van der Waals surface area contributed by atoms with Gasteiger partial charge in [-0.15, -0.1) is 0 Å². The highest BCUT2D eigenvalue weighted by molar-refractivity contribution is 6.06. The van der Waals surface area contributed by atoms with E-state index >= 15 is 0 Å². The lowest BCUT2D eigenvalue weighted by Crippen LogP contribution is -2.19. The molecular weight excluding hydrogens is 386 g/mol. The van der Waals surface area contributed by atoms with Crippen LogP contribution in [0.3, 0.4) is 0 Å². The molecule has 0 unspecified atom stereocenters. The Kier molecular flexibility index (Phi) is 5.37. The summed E-state index contributed by atoms with van der Waals surface area (Å²) in [6.45, 7) is 2.29. The van der Waals surface area contributed by atoms with Gasteiger partial charge in [-0.3, -0.25) is 14.2 Å². The van der Waals surface area contributed by atoms with Crippen molar-refractivity contribution in [2.75, 3.05) is 11.9 Å². The zero-order chi connectivity index (χ0) is 20.9. The lowest BCUT2D eigenvalue weighted by molar-refractivity contribution is 0.0527. The maximum atomic E-state index is 12.8. The van der Waals surface area contributed by atoms with E-state index in [2.05, 4.69) is 20.6 Å². The van der Waals surface area contributed by atoms with Crippen molar-refractivity contribution in [2.45, 2.75) is 13.6 Å². The Morgan fingerprint density at radius 3 is 2.60 bits per heavy atom. The molecule has 30 heavy (non-hydrogen) atoms. The average molecular weight is 405 g/mol. The molecule has 0 atom stereocenters. The van der Waals surface area contributed by atoms with Crippen molar-refractivity contribution >= 4 is 17.7 Å². The van der Waals surface area contributed by atoms with Crippen molar-refractivity contribution in [3.8, 4) is 5.69 Å². The van der Waals surface area contributed by atoms with Gasteiger partial charge in [0, 0.05) is 18.6 Å². The number of hydrogen-bond donors (Lipinski definition) is 1. The summed E-state index contributed by atoms with van der Waals surface area (Å²) in [7, 11) is 0. The second-order valence-electron chi connectivity index (χ2n) is 6.26. The molecule has 0 saturated heterocycles. The van der Waals surface area contributed by atoms with E-state index in [1.807, 2.05) is 30.3 Å². The minimum atomic E-state index is -0.570. The maximum Gasteiger partial charge on any atom is 0.343 e. The first kappa shape index (κ1) is 19.1. The molecule has 10 nitrogen and oxygen atoms in total. The molecule has 3 aromatic heterocycles. The van der Waals surface area contributed by atoms with E-state index in [1.54, 1.807) is 47.0 Å². The lowest BCUT2D eigenvalue weighted by Gasteiger charge is -2.10. The first-order valence-electron chi connectivity index (χ1n) is 9.28. The molecule has 0 bridgehead atoms. The third-order valence-corrected chi connectivity index (χ3v) is 4.22. The molecule has 0 fully saturated rings. The standard InChI is InChI=1S/C20H19N7O3/c1-2-30-20(29)16-13-22-27(15-7-4-3-5-8-15)18(16)23-19(28)17-9-12-26(24-17)14-25-11-6-10-21-25/h3-13H,2,14H2,1H3,(H,23,28). The van der Waals surface area contributed by atoms with Crippen LogP contribution in [0.2, 0.25) is 0 Å². The fourth-order valence-electron chi connectivity index (χ4n) is 2.86. The van der Waals surface area contributed by atoms with Crippen LogP contribution in [0.15, 0.2) is 67.3 Å². The molecule has 0 aliphatic rings. The third kappa shape index (κ3) is 3.97. The average Bonchev–Trinajstić information content (AvgIpc) is 3.50. The van der Waals surface area contributed by atoms with E-state index in [-0.39, 0.29) is 23.7 Å². The van der Waals surface area contributed by atoms with Gasteiger partial charge in [0.1, 0.15) is 12.2 Å². The fourth-order valence-corrected chi connectivity index (χ4v) is 2.86. The maximum absolute atomic E-state index is 12.8. The zero-order valence-corrected chi connectivity index (χ0v) is 16.2. The summed E-state index contributed by atoms with van der Waals surface area (Å²) in [4.78, 5) is 25.2. The summed E-state index contributed by atoms with van der Waals surface area (Å²) in [6, 6.07) is 12.6. The summed E-state index contributed by atoms with van der Waals surface area (Å²) in [6.07, 6.45) is 6.51. The quantitative estimate of drug-likeness (QED) is 0.472. The summed E-state index contributed by atoms with van der Waals surface area (Å²) in [5.74, 6) is -0.831. The first-order chi connectivity index (χ1) is 14.7. The molecule has 1 N–H and O–H groups in total. The van der Waals surface area contributed by atoms with E-state index in [0.717, 1.165) is 0 Å². The Balaban J connectivity index is 1.61. The number of benzene rings is 1. The van der Waals surface area contributed by atoms with Crippen molar-refractivity contribution < 1.29 is 14.3 Å². The number of aromatic nitrogens is 6. The topological polar surface area (TPSA) is 109 Å². The monoisotopic (exact) mass is 405 g/mol. The second kappa shape index (κ2) is 8.43. The molecule has 1 amide bonds. The van der Waals surface area contributed by atoms with Crippen molar-refractivity contribution in [1.29, 1.82) is 0 Å². The van der Waals surface area contributed by atoms with Crippen LogP contribution < -0.4 is 5.32 Å². The van der Waals surface area contributed by atoms with E-state index in [1.165, 1.54) is 10.9 Å². The number of para-hydroxylation sites is 1. The molecule has 4 aromatic rings. The van der Waals surface area contributed by atoms with Crippen LogP contribution in [0.25, 0.3) is 5.69 Å². The van der Waals surface area contributed by atoms with Gasteiger partial charge in [0.05, 0.1) is 18.5 Å². The summed E-state index contributed by atoms with van der Waals surface area (Å²) in [5, 5.41) is 15.4. The van der Waals surface area contributed by atoms with E-state index in [9.17, 15) is 9.59 Å². The van der Waals surface area contributed by atoms with Crippen molar-refractivity contribution in [3.05, 3.63) is 78.5 Å². The molecule has 0 aliphatic carbocycles. The number of ether oxygens (including phenoxy) is 1. The minimum absolute atomic E-state index is 0.157. The number of nitrogens with one attached hydrogen (secondary N) is 1. The second-order valence-corrected chi connectivity index (χ2v) is 6.26. The van der Waals surface area contributed by atoms with Gasteiger partial charge in [-0.1, -0.05) is 18.2 Å². The van der Waals surface area contributed by atoms with E-state index in [0.29, 0.717) is 12.4 Å². The van der Waals surface area contributed by atoms with Gasteiger partial charge in [-0.25, -0.2) is 9.48 Å². The predicted molar refractivity (Wildman–Crippen MR) is 107 cm³/mol. The molecular formula is C20H19N7O3. The number of nitrogens with zero attached hydrogens (tertiary/aromatic N) is 6. The highest BCUT2D eigenvalue weighted by Crippen LogP contribution is 2.22. The van der Waals surface area contributed by atoms with Gasteiger partial charge in [-0.2, -0.15) is 15.3 Å². The molecule has 0 radical (unpaired) electrons. The van der Waals surface area contributed by atoms with Gasteiger partial charge >= 0.3 is 5.97 Å². The highest BCUT2D eigenvalue weighted by atomic mass is 16.5. The summed E-state index contributed by atoms with van der Waals surface area (Å²) in [5.41, 5.74) is 1.04. The SMILES string of the molecule is CCOC(=O)c1cnn(-c2ccccc2)c1NC(=O)c1ccn(Cn2cccn2)n1. The van der Waals surface area contributed by atoms with Crippen LogP contribution in [0.1, 0.15) is 27.8 Å². The predicted octanol–water partition coefficient (Wildman–Crippen LogP) is 2.20. The zero-order valence-electron chi connectivity index (χ0n) is 16.2. The van der Waals surface area contributed by atoms with Gasteiger partial charge in [0.15, 0.2) is 11.5 Å². The smallest absolute Gasteiger partial charge is 0.343 e. The minimum Gasteiger partial charge on any atom is -0.462 e. The number of hydrogen-bond acceptors (Lipinski definition) is 6. The Morgan fingerprint density at radius 1 is 1.03 bits per heavy atom. The van der Waals surface area contributed by atoms with Gasteiger partial charge in [0.25, 0.3) is 5.91 Å². The number of esters is 1. The third-order valence-electron chi connectivity index (χ3n) is 4.22. The summed E-state index contributed by atoms with van der Waals surface area (Å²) < 4.78 is 9.84. The summed E-state index contributed by atoms with van der Waals surface area (Å²) >= 11 is 0. The van der Waals surface area contributed by atoms with Crippen molar-refractivity contribution in [1.82, 2.24) is 29.3 Å². The number of rotatable bonds is 7. The Bertz CT molecular complexity index is 1150. The molecule has 3 heterocycles. The highest BCUT2D eigenvalue weighted by Gasteiger charge is 2.22. The Labute approximate surface area is 171 Å². The number of carbonyl (C=O) groups is 2. The normalized spacial score (nSPS) is 10.7. The first-order valence-corrected chi connectivity index (χ1v) is 9.28. The van der Waals surface area contributed by atoms with Crippen molar-refractivity contribution in [3.63, 3.8) is 0 Å². The van der Waals surface area contributed by atoms with E-state index in [4.69, 9.17) is 4.74 Å². The van der Waals surface area contributed by atoms with Crippen LogP contribution in [0, 0.1) is 0 Å². The largest absolute Gasteiger partial charge is 0.462 e. The Hall–Kier alpha value is -4.21. The van der Waals surface area contributed by atoms with Gasteiger partial charge < -0.3 is 10.1 Å². The van der Waals surface area contributed by atoms with E-state index < -0.39 is 11.9 Å². The molecule has 0 saturated carbocycles. The van der Waals surface area contributed by atoms with Crippen LogP contribution in [0.5, 0.6) is 0 Å². The van der Waals surface area contributed by atoms with Crippen LogP contribution >= 0.6 is 0 Å². The number of amides is 1.